The van der Waals surface area contributed by atoms with Crippen molar-refractivity contribution >= 4 is 23.4 Å². The standard InChI is InChI=1S/C22H27N3O4/c1-22(2,3)29-21(27)24-16-10-11-18-17(14-16)19(26)28-20(25(18)4)23-13-12-15-8-6-5-7-9-15/h5-11,14,20,23H,12-13H2,1-4H3,(H,24,27). The Hall–Kier alpha value is -3.06. The molecule has 29 heavy (non-hydrogen) atoms. The zero-order chi connectivity index (χ0) is 21.0. The summed E-state index contributed by atoms with van der Waals surface area (Å²) in [6.45, 7) is 6.03. The predicted molar refractivity (Wildman–Crippen MR) is 112 cm³/mol. The molecule has 0 bridgehead atoms. The first-order valence-corrected chi connectivity index (χ1v) is 9.58. The van der Waals surface area contributed by atoms with E-state index in [9.17, 15) is 9.59 Å². The van der Waals surface area contributed by atoms with E-state index in [4.69, 9.17) is 9.47 Å². The van der Waals surface area contributed by atoms with Gasteiger partial charge in [0.25, 0.3) is 0 Å². The maximum Gasteiger partial charge on any atom is 0.412 e. The van der Waals surface area contributed by atoms with E-state index in [-0.39, 0.29) is 0 Å². The van der Waals surface area contributed by atoms with E-state index in [1.54, 1.807) is 39.0 Å². The molecule has 2 aromatic rings. The minimum absolute atomic E-state index is 0.391. The van der Waals surface area contributed by atoms with Gasteiger partial charge < -0.3 is 14.4 Å². The Morgan fingerprint density at radius 1 is 1.17 bits per heavy atom. The van der Waals surface area contributed by atoms with Crippen LogP contribution < -0.4 is 15.5 Å². The lowest BCUT2D eigenvalue weighted by Crippen LogP contribution is -2.50. The second-order valence-corrected chi connectivity index (χ2v) is 7.92. The zero-order valence-corrected chi connectivity index (χ0v) is 17.2. The molecule has 1 aliphatic rings. The smallest absolute Gasteiger partial charge is 0.412 e. The fourth-order valence-corrected chi connectivity index (χ4v) is 3.04. The van der Waals surface area contributed by atoms with Crippen LogP contribution in [0.2, 0.25) is 0 Å². The lowest BCUT2D eigenvalue weighted by atomic mass is 10.1. The van der Waals surface area contributed by atoms with E-state index in [0.29, 0.717) is 17.8 Å². The Morgan fingerprint density at radius 2 is 1.90 bits per heavy atom. The molecule has 1 amide bonds. The largest absolute Gasteiger partial charge is 0.444 e. The number of hydrogen-bond acceptors (Lipinski definition) is 6. The highest BCUT2D eigenvalue weighted by Crippen LogP contribution is 2.30. The van der Waals surface area contributed by atoms with Crippen molar-refractivity contribution in [3.63, 3.8) is 0 Å². The molecular weight excluding hydrogens is 370 g/mol. The van der Waals surface area contributed by atoms with Crippen molar-refractivity contribution in [2.45, 2.75) is 39.1 Å². The number of carbonyl (C=O) groups is 2. The van der Waals surface area contributed by atoms with Gasteiger partial charge >= 0.3 is 12.1 Å². The van der Waals surface area contributed by atoms with E-state index in [1.807, 2.05) is 30.1 Å². The van der Waals surface area contributed by atoms with Gasteiger partial charge in [0.05, 0.1) is 11.3 Å². The summed E-state index contributed by atoms with van der Waals surface area (Å²) in [5.74, 6) is -0.442. The second-order valence-electron chi connectivity index (χ2n) is 7.92. The fourth-order valence-electron chi connectivity index (χ4n) is 3.04. The quantitative estimate of drug-likeness (QED) is 0.748. The first kappa shape index (κ1) is 20.7. The maximum atomic E-state index is 12.5. The number of anilines is 2. The van der Waals surface area contributed by atoms with Crippen molar-refractivity contribution in [1.82, 2.24) is 5.32 Å². The van der Waals surface area contributed by atoms with Crippen LogP contribution in [0, 0.1) is 0 Å². The summed E-state index contributed by atoms with van der Waals surface area (Å²) in [4.78, 5) is 26.3. The van der Waals surface area contributed by atoms with Gasteiger partial charge in [-0.15, -0.1) is 0 Å². The fraction of sp³-hybridized carbons (Fsp3) is 0.364. The third-order valence-corrected chi connectivity index (χ3v) is 4.39. The Morgan fingerprint density at radius 3 is 2.59 bits per heavy atom. The molecule has 3 rings (SSSR count). The molecule has 154 valence electrons. The molecule has 0 radical (unpaired) electrons. The number of carbonyl (C=O) groups excluding carboxylic acids is 2. The van der Waals surface area contributed by atoms with E-state index in [1.165, 1.54) is 5.56 Å². The van der Waals surface area contributed by atoms with Crippen molar-refractivity contribution < 1.29 is 19.1 Å². The van der Waals surface area contributed by atoms with E-state index < -0.39 is 24.0 Å². The van der Waals surface area contributed by atoms with E-state index in [2.05, 4.69) is 22.8 Å². The van der Waals surface area contributed by atoms with Crippen LogP contribution in [-0.2, 0) is 15.9 Å². The van der Waals surface area contributed by atoms with E-state index in [0.717, 1.165) is 12.1 Å². The number of ether oxygens (including phenoxy) is 2. The Bertz CT molecular complexity index is 877. The number of rotatable bonds is 5. The Kier molecular flexibility index (Phi) is 6.08. The molecule has 1 aliphatic heterocycles. The molecule has 0 spiro atoms. The SMILES string of the molecule is CN1c2ccc(NC(=O)OC(C)(C)C)cc2C(=O)OC1NCCc1ccccc1. The van der Waals surface area contributed by atoms with Crippen molar-refractivity contribution in [1.29, 1.82) is 0 Å². The zero-order valence-electron chi connectivity index (χ0n) is 17.2. The van der Waals surface area contributed by atoms with Gasteiger partial charge in [-0.2, -0.15) is 0 Å². The van der Waals surface area contributed by atoms with Crippen LogP contribution in [0.5, 0.6) is 0 Å². The van der Waals surface area contributed by atoms with Crippen LogP contribution in [0.1, 0.15) is 36.7 Å². The van der Waals surface area contributed by atoms with Gasteiger partial charge in [0.15, 0.2) is 0 Å². The highest BCUT2D eigenvalue weighted by Gasteiger charge is 2.30. The first-order valence-electron chi connectivity index (χ1n) is 9.58. The third kappa shape index (κ3) is 5.48. The summed E-state index contributed by atoms with van der Waals surface area (Å²) in [7, 11) is 1.85. The van der Waals surface area contributed by atoms with Crippen molar-refractivity contribution in [3.8, 4) is 0 Å². The minimum atomic E-state index is -0.601. The van der Waals surface area contributed by atoms with Crippen LogP contribution in [0.4, 0.5) is 16.2 Å². The first-order chi connectivity index (χ1) is 13.7. The molecule has 0 fully saturated rings. The average molecular weight is 397 g/mol. The molecule has 0 aromatic heterocycles. The predicted octanol–water partition coefficient (Wildman–Crippen LogP) is 3.76. The monoisotopic (exact) mass is 397 g/mol. The number of cyclic esters (lactones) is 1. The molecule has 0 saturated heterocycles. The Balaban J connectivity index is 1.64. The lowest BCUT2D eigenvalue weighted by molar-refractivity contribution is 0.0182. The molecule has 7 nitrogen and oxygen atoms in total. The second kappa shape index (κ2) is 8.53. The van der Waals surface area contributed by atoms with Crippen LogP contribution in [-0.4, -0.2) is 37.6 Å². The highest BCUT2D eigenvalue weighted by atomic mass is 16.6. The summed E-state index contributed by atoms with van der Waals surface area (Å²) in [6.07, 6.45) is -0.298. The molecule has 1 unspecified atom stereocenters. The minimum Gasteiger partial charge on any atom is -0.444 e. The van der Waals surface area contributed by atoms with Crippen LogP contribution in [0.25, 0.3) is 0 Å². The van der Waals surface area contributed by atoms with Crippen molar-refractivity contribution in [2.75, 3.05) is 23.8 Å². The molecule has 2 aromatic carbocycles. The van der Waals surface area contributed by atoms with Gasteiger partial charge in [-0.3, -0.25) is 10.6 Å². The summed E-state index contributed by atoms with van der Waals surface area (Å²) in [6, 6.07) is 15.2. The summed E-state index contributed by atoms with van der Waals surface area (Å²) >= 11 is 0. The number of esters is 1. The van der Waals surface area contributed by atoms with Gasteiger partial charge in [0.1, 0.15) is 5.60 Å². The highest BCUT2D eigenvalue weighted by molar-refractivity contribution is 5.99. The Labute approximate surface area is 171 Å². The topological polar surface area (TPSA) is 79.9 Å². The summed E-state index contributed by atoms with van der Waals surface area (Å²) in [5, 5.41) is 5.90. The number of fused-ring (bicyclic) bond motifs is 1. The molecule has 1 heterocycles. The third-order valence-electron chi connectivity index (χ3n) is 4.39. The van der Waals surface area contributed by atoms with Crippen LogP contribution in [0.15, 0.2) is 48.5 Å². The maximum absolute atomic E-state index is 12.5. The van der Waals surface area contributed by atoms with Gasteiger partial charge in [-0.1, -0.05) is 30.3 Å². The lowest BCUT2D eigenvalue weighted by Gasteiger charge is -2.35. The van der Waals surface area contributed by atoms with Gasteiger partial charge in [0, 0.05) is 19.3 Å². The molecule has 1 atom stereocenters. The molecule has 2 N–H and O–H groups in total. The van der Waals surface area contributed by atoms with E-state index >= 15 is 0 Å². The van der Waals surface area contributed by atoms with Crippen molar-refractivity contribution in [3.05, 3.63) is 59.7 Å². The van der Waals surface area contributed by atoms with Crippen LogP contribution >= 0.6 is 0 Å². The average Bonchev–Trinajstić information content (AvgIpc) is 2.65. The summed E-state index contributed by atoms with van der Waals surface area (Å²) < 4.78 is 10.8. The molecule has 7 heteroatoms. The van der Waals surface area contributed by atoms with Gasteiger partial charge in [-0.05, 0) is 51.0 Å². The molecular formula is C22H27N3O4. The van der Waals surface area contributed by atoms with Gasteiger partial charge in [-0.25, -0.2) is 9.59 Å². The van der Waals surface area contributed by atoms with Crippen molar-refractivity contribution in [2.24, 2.45) is 0 Å². The molecule has 0 saturated carbocycles. The normalized spacial score (nSPS) is 16.1. The number of amides is 1. The molecule has 0 aliphatic carbocycles. The number of nitrogens with zero attached hydrogens (tertiary/aromatic N) is 1. The van der Waals surface area contributed by atoms with Crippen LogP contribution in [0.3, 0.4) is 0 Å². The number of benzene rings is 2. The number of hydrogen-bond donors (Lipinski definition) is 2. The summed E-state index contributed by atoms with van der Waals surface area (Å²) in [5.41, 5.74) is 2.20. The number of nitrogens with one attached hydrogen (secondary N) is 2. The van der Waals surface area contributed by atoms with Gasteiger partial charge in [0.2, 0.25) is 6.35 Å².